The van der Waals surface area contributed by atoms with Crippen molar-refractivity contribution < 1.29 is 19.2 Å². The number of carbonyl (C=O) groups is 1. The van der Waals surface area contributed by atoms with Gasteiger partial charge in [0, 0.05) is 30.5 Å². The second kappa shape index (κ2) is 8.30. The second-order valence-electron chi connectivity index (χ2n) is 5.71. The summed E-state index contributed by atoms with van der Waals surface area (Å²) in [6, 6.07) is 13.4. The molecule has 0 atom stereocenters. The predicted octanol–water partition coefficient (Wildman–Crippen LogP) is 2.45. The van der Waals surface area contributed by atoms with Crippen molar-refractivity contribution in [1.29, 1.82) is 0 Å². The summed E-state index contributed by atoms with van der Waals surface area (Å²) in [4.78, 5) is 24.6. The van der Waals surface area contributed by atoms with Crippen molar-refractivity contribution in [2.45, 2.75) is 0 Å². The van der Waals surface area contributed by atoms with Crippen molar-refractivity contribution in [3.05, 3.63) is 58.6 Å². The van der Waals surface area contributed by atoms with Gasteiger partial charge in [-0.1, -0.05) is 12.1 Å². The molecule has 1 fully saturated rings. The summed E-state index contributed by atoms with van der Waals surface area (Å²) in [5.41, 5.74) is 1.54. The molecule has 1 aliphatic rings. The Kier molecular flexibility index (Phi) is 5.65. The molecule has 0 aliphatic carbocycles. The van der Waals surface area contributed by atoms with E-state index in [2.05, 4.69) is 10.2 Å². The average Bonchev–Trinajstić information content (AvgIpc) is 2.68. The Hall–Kier alpha value is -3.13. The molecule has 1 aliphatic heterocycles. The minimum atomic E-state index is -0.544. The number of benzene rings is 2. The minimum absolute atomic E-state index is 0.0651. The first-order chi connectivity index (χ1) is 12.6. The maximum Gasteiger partial charge on any atom is 0.310 e. The number of rotatable bonds is 6. The molecule has 8 nitrogen and oxygen atoms in total. The van der Waals surface area contributed by atoms with E-state index in [0.717, 1.165) is 18.8 Å². The largest absolute Gasteiger partial charge is 0.477 e. The van der Waals surface area contributed by atoms with Gasteiger partial charge >= 0.3 is 5.69 Å². The number of amides is 1. The summed E-state index contributed by atoms with van der Waals surface area (Å²) < 4.78 is 10.6. The molecule has 1 saturated heterocycles. The van der Waals surface area contributed by atoms with Crippen molar-refractivity contribution in [2.24, 2.45) is 0 Å². The zero-order valence-corrected chi connectivity index (χ0v) is 14.1. The Morgan fingerprint density at radius 1 is 1.15 bits per heavy atom. The van der Waals surface area contributed by atoms with Gasteiger partial charge < -0.3 is 19.7 Å². The lowest BCUT2D eigenvalue weighted by molar-refractivity contribution is -0.385. The normalized spacial score (nSPS) is 13.9. The number of anilines is 2. The van der Waals surface area contributed by atoms with E-state index in [0.29, 0.717) is 18.9 Å². The summed E-state index contributed by atoms with van der Waals surface area (Å²) in [6.45, 7) is 2.80. The van der Waals surface area contributed by atoms with Gasteiger partial charge in [0.05, 0.1) is 18.1 Å². The molecule has 0 radical (unpaired) electrons. The van der Waals surface area contributed by atoms with Crippen LogP contribution in [0.25, 0.3) is 0 Å². The third-order valence-electron chi connectivity index (χ3n) is 3.95. The molecule has 2 aromatic rings. The standard InChI is InChI=1S/C18H19N3O5/c22-18(13-26-17-4-2-1-3-16(17)21(23)24)19-14-5-7-15(8-6-14)20-9-11-25-12-10-20/h1-8H,9-13H2,(H,19,22). The molecule has 0 aromatic heterocycles. The van der Waals surface area contributed by atoms with E-state index in [9.17, 15) is 14.9 Å². The fourth-order valence-corrected chi connectivity index (χ4v) is 2.65. The highest BCUT2D eigenvalue weighted by atomic mass is 16.6. The van der Waals surface area contributed by atoms with Crippen LogP contribution in [0.2, 0.25) is 0 Å². The molecule has 1 amide bonds. The van der Waals surface area contributed by atoms with Crippen LogP contribution in [0, 0.1) is 10.1 Å². The summed E-state index contributed by atoms with van der Waals surface area (Å²) in [7, 11) is 0. The van der Waals surface area contributed by atoms with Crippen LogP contribution < -0.4 is 15.0 Å². The van der Waals surface area contributed by atoms with Crippen LogP contribution in [0.1, 0.15) is 0 Å². The van der Waals surface area contributed by atoms with Gasteiger partial charge in [0.1, 0.15) is 0 Å². The number of nitro benzene ring substituents is 1. The first-order valence-corrected chi connectivity index (χ1v) is 8.22. The molecule has 136 valence electrons. The molecule has 26 heavy (non-hydrogen) atoms. The summed E-state index contributed by atoms with van der Waals surface area (Å²) in [5.74, 6) is -0.322. The van der Waals surface area contributed by atoms with Gasteiger partial charge in [-0.3, -0.25) is 14.9 Å². The van der Waals surface area contributed by atoms with E-state index in [1.807, 2.05) is 24.3 Å². The summed E-state index contributed by atoms with van der Waals surface area (Å²) in [5, 5.41) is 13.6. The number of nitrogens with zero attached hydrogens (tertiary/aromatic N) is 2. The third kappa shape index (κ3) is 4.48. The Morgan fingerprint density at radius 3 is 2.54 bits per heavy atom. The van der Waals surface area contributed by atoms with Crippen LogP contribution in [-0.4, -0.2) is 43.7 Å². The number of para-hydroxylation sites is 2. The molecule has 0 saturated carbocycles. The van der Waals surface area contributed by atoms with Gasteiger partial charge in [-0.25, -0.2) is 0 Å². The Morgan fingerprint density at radius 2 is 1.85 bits per heavy atom. The fourth-order valence-electron chi connectivity index (χ4n) is 2.65. The van der Waals surface area contributed by atoms with Gasteiger partial charge in [-0.15, -0.1) is 0 Å². The number of nitrogens with one attached hydrogen (secondary N) is 1. The summed E-state index contributed by atoms with van der Waals surface area (Å²) in [6.07, 6.45) is 0. The van der Waals surface area contributed by atoms with Gasteiger partial charge in [0.25, 0.3) is 5.91 Å². The molecular weight excluding hydrogens is 338 g/mol. The number of nitro groups is 1. The third-order valence-corrected chi connectivity index (χ3v) is 3.95. The fraction of sp³-hybridized carbons (Fsp3) is 0.278. The number of ether oxygens (including phenoxy) is 2. The van der Waals surface area contributed by atoms with Crippen molar-refractivity contribution in [1.82, 2.24) is 0 Å². The van der Waals surface area contributed by atoms with E-state index in [1.54, 1.807) is 12.1 Å². The lowest BCUT2D eigenvalue weighted by Gasteiger charge is -2.28. The SMILES string of the molecule is O=C(COc1ccccc1[N+](=O)[O-])Nc1ccc(N2CCOCC2)cc1. The number of carbonyl (C=O) groups excluding carboxylic acids is 1. The lowest BCUT2D eigenvalue weighted by atomic mass is 10.2. The van der Waals surface area contributed by atoms with Gasteiger partial charge in [-0.05, 0) is 30.3 Å². The maximum atomic E-state index is 12.0. The van der Waals surface area contributed by atoms with E-state index < -0.39 is 4.92 Å². The van der Waals surface area contributed by atoms with Crippen molar-refractivity contribution >= 4 is 23.0 Å². The van der Waals surface area contributed by atoms with E-state index in [-0.39, 0.29) is 24.0 Å². The topological polar surface area (TPSA) is 93.9 Å². The lowest BCUT2D eigenvalue weighted by Crippen LogP contribution is -2.36. The van der Waals surface area contributed by atoms with Crippen molar-refractivity contribution in [2.75, 3.05) is 43.1 Å². The van der Waals surface area contributed by atoms with Crippen molar-refractivity contribution in [3.63, 3.8) is 0 Å². The molecule has 0 unspecified atom stereocenters. The highest BCUT2D eigenvalue weighted by Gasteiger charge is 2.15. The Balaban J connectivity index is 1.54. The number of morpholine rings is 1. The van der Waals surface area contributed by atoms with E-state index in [4.69, 9.17) is 9.47 Å². The Labute approximate surface area is 150 Å². The monoisotopic (exact) mass is 357 g/mol. The average molecular weight is 357 g/mol. The molecule has 8 heteroatoms. The maximum absolute atomic E-state index is 12.0. The zero-order chi connectivity index (χ0) is 18.4. The molecular formula is C18H19N3O5. The molecule has 1 heterocycles. The van der Waals surface area contributed by atoms with Crippen LogP contribution >= 0.6 is 0 Å². The smallest absolute Gasteiger partial charge is 0.310 e. The highest BCUT2D eigenvalue weighted by Crippen LogP contribution is 2.25. The van der Waals surface area contributed by atoms with Gasteiger partial charge in [0.15, 0.2) is 12.4 Å². The molecule has 2 aromatic carbocycles. The van der Waals surface area contributed by atoms with Crippen LogP contribution in [0.3, 0.4) is 0 Å². The number of hydrogen-bond acceptors (Lipinski definition) is 6. The Bertz CT molecular complexity index is 773. The number of hydrogen-bond donors (Lipinski definition) is 1. The molecule has 1 N–H and O–H groups in total. The molecule has 0 bridgehead atoms. The zero-order valence-electron chi connectivity index (χ0n) is 14.1. The van der Waals surface area contributed by atoms with Crippen molar-refractivity contribution in [3.8, 4) is 5.75 Å². The van der Waals surface area contributed by atoms with Crippen LogP contribution in [-0.2, 0) is 9.53 Å². The summed E-state index contributed by atoms with van der Waals surface area (Å²) >= 11 is 0. The second-order valence-corrected chi connectivity index (χ2v) is 5.71. The first-order valence-electron chi connectivity index (χ1n) is 8.22. The van der Waals surface area contributed by atoms with Gasteiger partial charge in [-0.2, -0.15) is 0 Å². The quantitative estimate of drug-likeness (QED) is 0.630. The van der Waals surface area contributed by atoms with Crippen LogP contribution in [0.5, 0.6) is 5.75 Å². The first kappa shape index (κ1) is 17.7. The van der Waals surface area contributed by atoms with Gasteiger partial charge in [0.2, 0.25) is 0 Å². The molecule has 0 spiro atoms. The van der Waals surface area contributed by atoms with Crippen LogP contribution in [0.15, 0.2) is 48.5 Å². The van der Waals surface area contributed by atoms with E-state index in [1.165, 1.54) is 12.1 Å². The highest BCUT2D eigenvalue weighted by molar-refractivity contribution is 5.92. The minimum Gasteiger partial charge on any atom is -0.477 e. The van der Waals surface area contributed by atoms with E-state index >= 15 is 0 Å². The van der Waals surface area contributed by atoms with Crippen LogP contribution in [0.4, 0.5) is 17.1 Å². The predicted molar refractivity (Wildman–Crippen MR) is 96.7 cm³/mol. The molecule has 3 rings (SSSR count).